The first-order valence-corrected chi connectivity index (χ1v) is 18.5. The second-order valence-electron chi connectivity index (χ2n) is 13.0. The van der Waals surface area contributed by atoms with Crippen molar-refractivity contribution in [2.24, 2.45) is 0 Å². The topological polar surface area (TPSA) is 9.23 Å². The molecular formula is C50H36Cl2O. The third-order valence-electron chi connectivity index (χ3n) is 9.95. The van der Waals surface area contributed by atoms with Crippen LogP contribution in [0.2, 0.25) is 10.0 Å². The molecule has 0 bridgehead atoms. The van der Waals surface area contributed by atoms with Crippen LogP contribution < -0.4 is 0 Å². The van der Waals surface area contributed by atoms with Crippen LogP contribution >= 0.6 is 23.2 Å². The smallest absolute Gasteiger partial charge is 0.146 e. The predicted octanol–water partition coefficient (Wildman–Crippen LogP) is 13.6. The molecule has 8 aromatic rings. The summed E-state index contributed by atoms with van der Waals surface area (Å²) in [6.45, 7) is 0. The van der Waals surface area contributed by atoms with Gasteiger partial charge >= 0.3 is 0 Å². The fourth-order valence-corrected chi connectivity index (χ4v) is 7.82. The highest BCUT2D eigenvalue weighted by Crippen LogP contribution is 2.54. The molecule has 0 aliphatic carbocycles. The molecule has 0 aromatic heterocycles. The normalized spacial score (nSPS) is 11.7. The number of hydrogen-bond donors (Lipinski definition) is 0. The molecule has 3 heteroatoms. The first-order valence-electron chi connectivity index (χ1n) is 17.7. The van der Waals surface area contributed by atoms with E-state index >= 15 is 0 Å². The van der Waals surface area contributed by atoms with Gasteiger partial charge in [0.15, 0.2) is 0 Å². The third-order valence-corrected chi connectivity index (χ3v) is 10.5. The zero-order chi connectivity index (χ0) is 36.1. The van der Waals surface area contributed by atoms with Crippen LogP contribution in [0.5, 0.6) is 0 Å². The van der Waals surface area contributed by atoms with Crippen LogP contribution in [-0.2, 0) is 15.9 Å². The molecular weight excluding hydrogens is 687 g/mol. The Labute approximate surface area is 321 Å². The summed E-state index contributed by atoms with van der Waals surface area (Å²) >= 11 is 12.9. The predicted molar refractivity (Wildman–Crippen MR) is 220 cm³/mol. The SMILES string of the molecule is Clc1ccc(-c2ccccc2C(OC(c2ccccc2)(c2ccccc2)c2ccccc2-c2ccc(Cl)cc2)(c2ccccc2)c2ccccc2)cc1. The summed E-state index contributed by atoms with van der Waals surface area (Å²) in [7, 11) is 0. The van der Waals surface area contributed by atoms with Crippen LogP contribution in [0.4, 0.5) is 0 Å². The maximum absolute atomic E-state index is 8.46. The molecule has 8 rings (SSSR count). The number of rotatable bonds is 10. The lowest BCUT2D eigenvalue weighted by Gasteiger charge is -2.47. The second kappa shape index (κ2) is 15.1. The summed E-state index contributed by atoms with van der Waals surface area (Å²) in [4.78, 5) is 0. The maximum atomic E-state index is 8.46. The minimum Gasteiger partial charge on any atom is -0.340 e. The summed E-state index contributed by atoms with van der Waals surface area (Å²) in [5.74, 6) is 0. The van der Waals surface area contributed by atoms with Crippen molar-refractivity contribution in [2.45, 2.75) is 11.2 Å². The Morgan fingerprint density at radius 3 is 0.849 bits per heavy atom. The monoisotopic (exact) mass is 722 g/mol. The lowest BCUT2D eigenvalue weighted by atomic mass is 9.72. The molecule has 0 spiro atoms. The molecule has 0 amide bonds. The summed E-state index contributed by atoms with van der Waals surface area (Å²) in [5, 5.41) is 1.37. The van der Waals surface area contributed by atoms with Crippen LogP contribution in [0, 0.1) is 0 Å². The zero-order valence-corrected chi connectivity index (χ0v) is 30.5. The van der Waals surface area contributed by atoms with Gasteiger partial charge in [0.05, 0.1) is 0 Å². The van der Waals surface area contributed by atoms with E-state index in [9.17, 15) is 0 Å². The van der Waals surface area contributed by atoms with Crippen molar-refractivity contribution < 1.29 is 4.74 Å². The number of benzene rings is 8. The van der Waals surface area contributed by atoms with Crippen molar-refractivity contribution in [2.75, 3.05) is 0 Å². The van der Waals surface area contributed by atoms with Gasteiger partial charge in [0, 0.05) is 21.2 Å². The highest BCUT2D eigenvalue weighted by atomic mass is 35.5. The fraction of sp³-hybridized carbons (Fsp3) is 0.0400. The third kappa shape index (κ3) is 6.49. The van der Waals surface area contributed by atoms with E-state index in [4.69, 9.17) is 27.9 Å². The Morgan fingerprint density at radius 1 is 0.283 bits per heavy atom. The first kappa shape index (κ1) is 34.4. The van der Waals surface area contributed by atoms with E-state index < -0.39 is 11.2 Å². The second-order valence-corrected chi connectivity index (χ2v) is 13.9. The van der Waals surface area contributed by atoms with Crippen LogP contribution in [0.1, 0.15) is 33.4 Å². The van der Waals surface area contributed by atoms with Crippen LogP contribution in [0.3, 0.4) is 0 Å². The Balaban J connectivity index is 1.55. The van der Waals surface area contributed by atoms with Gasteiger partial charge in [0.25, 0.3) is 0 Å². The highest BCUT2D eigenvalue weighted by molar-refractivity contribution is 6.31. The molecule has 0 heterocycles. The van der Waals surface area contributed by atoms with E-state index in [1.807, 2.05) is 24.3 Å². The minimum absolute atomic E-state index is 0.686. The van der Waals surface area contributed by atoms with E-state index in [1.165, 1.54) is 0 Å². The van der Waals surface area contributed by atoms with Gasteiger partial charge in [-0.2, -0.15) is 0 Å². The average Bonchev–Trinajstić information content (AvgIpc) is 3.24. The number of ether oxygens (including phenoxy) is 1. The summed E-state index contributed by atoms with van der Waals surface area (Å²) in [5.41, 5.74) is 7.82. The van der Waals surface area contributed by atoms with Crippen LogP contribution in [-0.4, -0.2) is 0 Å². The highest BCUT2D eigenvalue weighted by Gasteiger charge is 2.50. The number of halogens is 2. The molecule has 0 fully saturated rings. The molecule has 53 heavy (non-hydrogen) atoms. The Morgan fingerprint density at radius 2 is 0.547 bits per heavy atom. The van der Waals surface area contributed by atoms with Crippen molar-refractivity contribution in [1.82, 2.24) is 0 Å². The molecule has 0 N–H and O–H groups in total. The molecule has 0 atom stereocenters. The minimum atomic E-state index is -1.16. The van der Waals surface area contributed by atoms with E-state index in [0.29, 0.717) is 10.0 Å². The van der Waals surface area contributed by atoms with Crippen molar-refractivity contribution in [3.05, 3.63) is 262 Å². The first-order chi connectivity index (χ1) is 26.1. The summed E-state index contributed by atoms with van der Waals surface area (Å²) in [6, 6.07) is 75.7. The van der Waals surface area contributed by atoms with Crippen LogP contribution in [0.25, 0.3) is 22.3 Å². The van der Waals surface area contributed by atoms with Crippen molar-refractivity contribution in [1.29, 1.82) is 0 Å². The van der Waals surface area contributed by atoms with Crippen LogP contribution in [0.15, 0.2) is 218 Å². The zero-order valence-electron chi connectivity index (χ0n) is 28.9. The molecule has 0 unspecified atom stereocenters. The molecule has 0 saturated heterocycles. The molecule has 0 saturated carbocycles. The van der Waals surface area contributed by atoms with Gasteiger partial charge in [-0.05, 0) is 68.8 Å². The quantitative estimate of drug-likeness (QED) is 0.128. The largest absolute Gasteiger partial charge is 0.340 e. The van der Waals surface area contributed by atoms with Gasteiger partial charge in [-0.15, -0.1) is 0 Å². The van der Waals surface area contributed by atoms with E-state index in [-0.39, 0.29) is 0 Å². The van der Waals surface area contributed by atoms with E-state index in [1.54, 1.807) is 0 Å². The van der Waals surface area contributed by atoms with E-state index in [2.05, 4.69) is 194 Å². The molecule has 0 aliphatic rings. The van der Waals surface area contributed by atoms with Gasteiger partial charge in [-0.3, -0.25) is 0 Å². The molecule has 0 radical (unpaired) electrons. The molecule has 256 valence electrons. The Hall–Kier alpha value is -5.70. The molecule has 1 nitrogen and oxygen atoms in total. The lowest BCUT2D eigenvalue weighted by molar-refractivity contribution is -0.0804. The molecule has 8 aromatic carbocycles. The summed E-state index contributed by atoms with van der Waals surface area (Å²) < 4.78 is 8.46. The van der Waals surface area contributed by atoms with Crippen molar-refractivity contribution >= 4 is 23.2 Å². The van der Waals surface area contributed by atoms with Gasteiger partial charge in [-0.1, -0.05) is 217 Å². The van der Waals surface area contributed by atoms with Crippen molar-refractivity contribution in [3.63, 3.8) is 0 Å². The van der Waals surface area contributed by atoms with Crippen molar-refractivity contribution in [3.8, 4) is 22.3 Å². The Kier molecular flexibility index (Phi) is 9.80. The van der Waals surface area contributed by atoms with Gasteiger partial charge in [0.2, 0.25) is 0 Å². The number of hydrogen-bond acceptors (Lipinski definition) is 1. The lowest BCUT2D eigenvalue weighted by Crippen LogP contribution is -2.45. The maximum Gasteiger partial charge on any atom is 0.146 e. The van der Waals surface area contributed by atoms with Gasteiger partial charge in [0.1, 0.15) is 11.2 Å². The van der Waals surface area contributed by atoms with Gasteiger partial charge < -0.3 is 4.74 Å². The fourth-order valence-electron chi connectivity index (χ4n) is 7.56. The van der Waals surface area contributed by atoms with E-state index in [0.717, 1.165) is 55.6 Å². The summed E-state index contributed by atoms with van der Waals surface area (Å²) in [6.07, 6.45) is 0. The standard InChI is InChI=1S/C50H36Cl2O/c51-43-33-29-37(30-34-43)45-25-13-15-27-47(45)49(39-17-5-1-6-18-39,40-19-7-2-8-20-40)53-50(41-21-9-3-10-22-41,42-23-11-4-12-24-42)48-28-16-14-26-46(48)38-31-35-44(52)36-32-38/h1-36H. The molecule has 0 aliphatic heterocycles. The average molecular weight is 724 g/mol. The Bertz CT molecular complexity index is 2160. The van der Waals surface area contributed by atoms with Gasteiger partial charge in [-0.25, -0.2) is 0 Å².